The van der Waals surface area contributed by atoms with Gasteiger partial charge in [0.05, 0.1) is 13.7 Å². The molecular formula is C17H26N2O4. The minimum absolute atomic E-state index is 0.193. The monoisotopic (exact) mass is 322 g/mol. The number of methoxy groups -OCH3 is 1. The van der Waals surface area contributed by atoms with E-state index < -0.39 is 0 Å². The van der Waals surface area contributed by atoms with E-state index in [0.29, 0.717) is 17.9 Å². The van der Waals surface area contributed by atoms with Gasteiger partial charge in [0.1, 0.15) is 17.1 Å². The normalized spacial score (nSPS) is 16.5. The van der Waals surface area contributed by atoms with Gasteiger partial charge in [-0.2, -0.15) is 0 Å². The quantitative estimate of drug-likeness (QED) is 0.797. The number of piperazine rings is 1. The molecule has 0 saturated carbocycles. The van der Waals surface area contributed by atoms with E-state index in [-0.39, 0.29) is 17.3 Å². The van der Waals surface area contributed by atoms with Crippen molar-refractivity contribution in [2.24, 2.45) is 5.41 Å². The van der Waals surface area contributed by atoms with Crippen LogP contribution in [0.5, 0.6) is 0 Å². The molecule has 0 spiro atoms. The van der Waals surface area contributed by atoms with Gasteiger partial charge >= 0.3 is 5.97 Å². The molecule has 0 radical (unpaired) electrons. The second kappa shape index (κ2) is 6.74. The van der Waals surface area contributed by atoms with Crippen molar-refractivity contribution in [1.29, 1.82) is 0 Å². The molecule has 0 aliphatic carbocycles. The van der Waals surface area contributed by atoms with Crippen LogP contribution in [0, 0.1) is 12.3 Å². The number of ether oxygens (including phenoxy) is 1. The van der Waals surface area contributed by atoms with Crippen molar-refractivity contribution >= 4 is 11.9 Å². The van der Waals surface area contributed by atoms with Crippen molar-refractivity contribution in [2.75, 3.05) is 33.3 Å². The molecule has 6 nitrogen and oxygen atoms in total. The summed E-state index contributed by atoms with van der Waals surface area (Å²) in [6.07, 6.45) is 0. The molecule has 0 unspecified atom stereocenters. The zero-order valence-electron chi connectivity index (χ0n) is 14.6. The van der Waals surface area contributed by atoms with E-state index in [2.05, 4.69) is 4.90 Å². The molecule has 1 saturated heterocycles. The van der Waals surface area contributed by atoms with Crippen LogP contribution in [-0.2, 0) is 16.1 Å². The summed E-state index contributed by atoms with van der Waals surface area (Å²) >= 11 is 0. The molecule has 1 aliphatic rings. The van der Waals surface area contributed by atoms with Crippen molar-refractivity contribution < 1.29 is 18.7 Å². The summed E-state index contributed by atoms with van der Waals surface area (Å²) in [6.45, 7) is 11.3. The lowest BCUT2D eigenvalue weighted by Gasteiger charge is -2.37. The summed E-state index contributed by atoms with van der Waals surface area (Å²) in [5, 5.41) is 0. The lowest BCUT2D eigenvalue weighted by Crippen LogP contribution is -2.51. The molecule has 1 aromatic rings. The Labute approximate surface area is 137 Å². The fourth-order valence-corrected chi connectivity index (χ4v) is 2.74. The fourth-order valence-electron chi connectivity index (χ4n) is 2.74. The minimum Gasteiger partial charge on any atom is -0.465 e. The van der Waals surface area contributed by atoms with Gasteiger partial charge in [0, 0.05) is 31.6 Å². The Hall–Kier alpha value is -1.82. The molecule has 128 valence electrons. The van der Waals surface area contributed by atoms with Crippen LogP contribution in [0.15, 0.2) is 10.5 Å². The maximum absolute atomic E-state index is 12.3. The van der Waals surface area contributed by atoms with Crippen LogP contribution < -0.4 is 0 Å². The van der Waals surface area contributed by atoms with E-state index in [1.54, 1.807) is 13.0 Å². The summed E-state index contributed by atoms with van der Waals surface area (Å²) < 4.78 is 10.4. The summed E-state index contributed by atoms with van der Waals surface area (Å²) in [5.74, 6) is 1.14. The molecule has 1 amide bonds. The highest BCUT2D eigenvalue weighted by Crippen LogP contribution is 2.21. The highest BCUT2D eigenvalue weighted by Gasteiger charge is 2.30. The number of rotatable bonds is 3. The minimum atomic E-state index is -0.377. The van der Waals surface area contributed by atoms with E-state index >= 15 is 0 Å². The Balaban J connectivity index is 1.92. The number of hydrogen-bond donors (Lipinski definition) is 0. The molecule has 2 rings (SSSR count). The number of nitrogens with zero attached hydrogens (tertiary/aromatic N) is 2. The summed E-state index contributed by atoms with van der Waals surface area (Å²) in [6, 6.07) is 1.74. The number of hydrogen-bond acceptors (Lipinski definition) is 5. The maximum Gasteiger partial charge on any atom is 0.341 e. The van der Waals surface area contributed by atoms with Gasteiger partial charge < -0.3 is 14.1 Å². The Kier molecular flexibility index (Phi) is 5.14. The Bertz CT molecular complexity index is 578. The van der Waals surface area contributed by atoms with Gasteiger partial charge in [-0.15, -0.1) is 0 Å². The summed E-state index contributed by atoms with van der Waals surface area (Å²) in [4.78, 5) is 28.0. The van der Waals surface area contributed by atoms with E-state index in [1.165, 1.54) is 7.11 Å². The van der Waals surface area contributed by atoms with Crippen molar-refractivity contribution in [1.82, 2.24) is 9.80 Å². The third-order valence-corrected chi connectivity index (χ3v) is 4.05. The first-order chi connectivity index (χ1) is 10.7. The van der Waals surface area contributed by atoms with Crippen LogP contribution in [0.3, 0.4) is 0 Å². The highest BCUT2D eigenvalue weighted by atomic mass is 16.5. The fraction of sp³-hybridized carbons (Fsp3) is 0.647. The van der Waals surface area contributed by atoms with Crippen LogP contribution >= 0.6 is 0 Å². The van der Waals surface area contributed by atoms with Crippen molar-refractivity contribution in [3.63, 3.8) is 0 Å². The second-order valence-corrected chi connectivity index (χ2v) is 6.99. The highest BCUT2D eigenvalue weighted by molar-refractivity contribution is 5.90. The molecule has 0 atom stereocenters. The predicted octanol–water partition coefficient (Wildman–Crippen LogP) is 2.06. The average molecular weight is 322 g/mol. The maximum atomic E-state index is 12.3. The van der Waals surface area contributed by atoms with E-state index in [1.807, 2.05) is 25.7 Å². The van der Waals surface area contributed by atoms with Crippen LogP contribution in [0.25, 0.3) is 0 Å². The zero-order valence-corrected chi connectivity index (χ0v) is 14.6. The standard InChI is InChI=1S/C17H26N2O4/c1-12-14(15(20)22-5)10-13(23-12)11-18-6-8-19(9-7-18)16(21)17(2,3)4/h10H,6-9,11H2,1-5H3. The van der Waals surface area contributed by atoms with Crippen molar-refractivity contribution in [3.8, 4) is 0 Å². The van der Waals surface area contributed by atoms with Gasteiger partial charge in [0.15, 0.2) is 0 Å². The molecule has 1 fully saturated rings. The Morgan fingerprint density at radius 2 is 1.83 bits per heavy atom. The number of amides is 1. The molecule has 1 aromatic heterocycles. The molecule has 1 aliphatic heterocycles. The van der Waals surface area contributed by atoms with Crippen molar-refractivity contribution in [3.05, 3.63) is 23.2 Å². The first-order valence-corrected chi connectivity index (χ1v) is 7.91. The first-order valence-electron chi connectivity index (χ1n) is 7.91. The molecule has 2 heterocycles. The van der Waals surface area contributed by atoms with Crippen LogP contribution in [0.4, 0.5) is 0 Å². The lowest BCUT2D eigenvalue weighted by molar-refractivity contribution is -0.141. The van der Waals surface area contributed by atoms with Crippen LogP contribution in [0.2, 0.25) is 0 Å². The number of carbonyl (C=O) groups excluding carboxylic acids is 2. The van der Waals surface area contributed by atoms with Crippen LogP contribution in [-0.4, -0.2) is 55.0 Å². The molecule has 0 bridgehead atoms. The molecule has 23 heavy (non-hydrogen) atoms. The molecule has 0 aromatic carbocycles. The zero-order chi connectivity index (χ0) is 17.2. The lowest BCUT2D eigenvalue weighted by atomic mass is 9.94. The summed E-state index contributed by atoms with van der Waals surface area (Å²) in [7, 11) is 1.36. The Morgan fingerprint density at radius 3 is 2.35 bits per heavy atom. The largest absolute Gasteiger partial charge is 0.465 e. The first kappa shape index (κ1) is 17.5. The second-order valence-electron chi connectivity index (χ2n) is 6.99. The number of carbonyl (C=O) groups is 2. The predicted molar refractivity (Wildman–Crippen MR) is 86.1 cm³/mol. The van der Waals surface area contributed by atoms with Gasteiger partial charge in [-0.3, -0.25) is 9.69 Å². The number of esters is 1. The molecule has 0 N–H and O–H groups in total. The number of aryl methyl sites for hydroxylation is 1. The molecular weight excluding hydrogens is 296 g/mol. The van der Waals surface area contributed by atoms with Gasteiger partial charge in [-0.05, 0) is 13.0 Å². The van der Waals surface area contributed by atoms with E-state index in [0.717, 1.165) is 31.9 Å². The number of furan rings is 1. The van der Waals surface area contributed by atoms with Gasteiger partial charge in [-0.25, -0.2) is 4.79 Å². The van der Waals surface area contributed by atoms with Crippen LogP contribution in [0.1, 0.15) is 42.6 Å². The average Bonchev–Trinajstić information content (AvgIpc) is 2.86. The van der Waals surface area contributed by atoms with E-state index in [4.69, 9.17) is 9.15 Å². The van der Waals surface area contributed by atoms with Gasteiger partial charge in [0.25, 0.3) is 0 Å². The van der Waals surface area contributed by atoms with Crippen molar-refractivity contribution in [2.45, 2.75) is 34.2 Å². The van der Waals surface area contributed by atoms with E-state index in [9.17, 15) is 9.59 Å². The topological polar surface area (TPSA) is 63.0 Å². The Morgan fingerprint density at radius 1 is 1.22 bits per heavy atom. The SMILES string of the molecule is COC(=O)c1cc(CN2CCN(C(=O)C(C)(C)C)CC2)oc1C. The summed E-state index contributed by atoms with van der Waals surface area (Å²) in [5.41, 5.74) is 0.138. The van der Waals surface area contributed by atoms with Gasteiger partial charge in [0.2, 0.25) is 5.91 Å². The molecule has 6 heteroatoms. The van der Waals surface area contributed by atoms with Gasteiger partial charge in [-0.1, -0.05) is 20.8 Å². The smallest absolute Gasteiger partial charge is 0.341 e. The third kappa shape index (κ3) is 4.13. The third-order valence-electron chi connectivity index (χ3n) is 4.05.